The second-order valence-electron chi connectivity index (χ2n) is 6.48. The van der Waals surface area contributed by atoms with Crippen molar-refractivity contribution in [1.29, 1.82) is 0 Å². The number of nitrogens with zero attached hydrogens (tertiary/aromatic N) is 2. The molecule has 0 bridgehead atoms. The molecule has 0 unspecified atom stereocenters. The predicted octanol–water partition coefficient (Wildman–Crippen LogP) is 5.56. The SMILES string of the molecule is Cc1cnc(-c2cc(F)c(C#Cc3ccc4cc(F)c(F)cc4c3)c(F)c2)nc1. The minimum absolute atomic E-state index is 0.203. The number of aromatic nitrogens is 2. The first-order valence-corrected chi connectivity index (χ1v) is 8.59. The van der Waals surface area contributed by atoms with Crippen LogP contribution < -0.4 is 0 Å². The lowest BCUT2D eigenvalue weighted by Crippen LogP contribution is -1.95. The van der Waals surface area contributed by atoms with Crippen LogP contribution in [0.15, 0.2) is 54.9 Å². The molecule has 2 nitrogen and oxygen atoms in total. The number of benzene rings is 3. The van der Waals surface area contributed by atoms with E-state index in [2.05, 4.69) is 21.8 Å². The minimum atomic E-state index is -0.978. The number of fused-ring (bicyclic) bond motifs is 1. The second kappa shape index (κ2) is 7.36. The van der Waals surface area contributed by atoms with E-state index in [-0.39, 0.29) is 11.4 Å². The smallest absolute Gasteiger partial charge is 0.159 e. The molecule has 29 heavy (non-hydrogen) atoms. The summed E-state index contributed by atoms with van der Waals surface area (Å²) in [6.45, 7) is 1.81. The lowest BCUT2D eigenvalue weighted by atomic mass is 10.1. The van der Waals surface area contributed by atoms with E-state index in [0.717, 1.165) is 29.8 Å². The molecule has 0 saturated heterocycles. The molecule has 4 rings (SSSR count). The molecule has 0 saturated carbocycles. The Balaban J connectivity index is 1.70. The zero-order valence-electron chi connectivity index (χ0n) is 15.1. The first-order valence-electron chi connectivity index (χ1n) is 8.59. The van der Waals surface area contributed by atoms with Gasteiger partial charge in [0, 0.05) is 23.5 Å². The fraction of sp³-hybridized carbons (Fsp3) is 0.0435. The topological polar surface area (TPSA) is 25.8 Å². The van der Waals surface area contributed by atoms with Crippen molar-refractivity contribution < 1.29 is 17.6 Å². The second-order valence-corrected chi connectivity index (χ2v) is 6.48. The van der Waals surface area contributed by atoms with E-state index in [0.29, 0.717) is 16.3 Å². The summed E-state index contributed by atoms with van der Waals surface area (Å²) in [7, 11) is 0. The number of hydrogen-bond donors (Lipinski definition) is 0. The summed E-state index contributed by atoms with van der Waals surface area (Å²) in [5.41, 5.74) is 1.04. The normalized spacial score (nSPS) is 10.7. The first kappa shape index (κ1) is 18.6. The van der Waals surface area contributed by atoms with Crippen LogP contribution in [0.3, 0.4) is 0 Å². The largest absolute Gasteiger partial charge is 0.236 e. The van der Waals surface area contributed by atoms with Gasteiger partial charge in [0.1, 0.15) is 11.6 Å². The van der Waals surface area contributed by atoms with Crippen molar-refractivity contribution in [3.8, 4) is 23.2 Å². The van der Waals surface area contributed by atoms with E-state index >= 15 is 0 Å². The Labute approximate surface area is 163 Å². The number of hydrogen-bond acceptors (Lipinski definition) is 2. The summed E-state index contributed by atoms with van der Waals surface area (Å²) in [6, 6.07) is 9.02. The lowest BCUT2D eigenvalue weighted by Gasteiger charge is -2.04. The van der Waals surface area contributed by atoms with Gasteiger partial charge < -0.3 is 0 Å². The summed E-state index contributed by atoms with van der Waals surface area (Å²) >= 11 is 0. The predicted molar refractivity (Wildman–Crippen MR) is 102 cm³/mol. The zero-order valence-corrected chi connectivity index (χ0v) is 15.1. The van der Waals surface area contributed by atoms with Crippen LogP contribution in [0.5, 0.6) is 0 Å². The molecule has 0 aliphatic heterocycles. The quantitative estimate of drug-likeness (QED) is 0.313. The van der Waals surface area contributed by atoms with Crippen LogP contribution in [0.2, 0.25) is 0 Å². The van der Waals surface area contributed by atoms with Crippen molar-refractivity contribution in [2.75, 3.05) is 0 Å². The Kier molecular flexibility index (Phi) is 4.73. The van der Waals surface area contributed by atoms with E-state index in [9.17, 15) is 17.6 Å². The summed E-state index contributed by atoms with van der Waals surface area (Å²) in [4.78, 5) is 8.12. The highest BCUT2D eigenvalue weighted by atomic mass is 19.2. The van der Waals surface area contributed by atoms with Gasteiger partial charge in [0.2, 0.25) is 0 Å². The van der Waals surface area contributed by atoms with E-state index in [1.54, 1.807) is 31.5 Å². The third-order valence-corrected chi connectivity index (χ3v) is 4.29. The van der Waals surface area contributed by atoms with Crippen LogP contribution in [-0.4, -0.2) is 9.97 Å². The van der Waals surface area contributed by atoms with Crippen LogP contribution in [0.4, 0.5) is 17.6 Å². The molecule has 0 atom stereocenters. The number of halogens is 4. The summed E-state index contributed by atoms with van der Waals surface area (Å²) in [5.74, 6) is 1.72. The molecule has 4 aromatic rings. The first-order chi connectivity index (χ1) is 13.9. The Bertz CT molecular complexity index is 1280. The molecular formula is C23H12F4N2. The van der Waals surface area contributed by atoms with Crippen LogP contribution in [-0.2, 0) is 0 Å². The molecule has 3 aromatic carbocycles. The molecular weight excluding hydrogens is 380 g/mol. The molecule has 0 aliphatic carbocycles. The van der Waals surface area contributed by atoms with Crippen molar-refractivity contribution in [3.63, 3.8) is 0 Å². The highest BCUT2D eigenvalue weighted by molar-refractivity contribution is 5.84. The number of rotatable bonds is 1. The molecule has 1 heterocycles. The van der Waals surface area contributed by atoms with Gasteiger partial charge in [-0.2, -0.15) is 0 Å². The summed E-state index contributed by atoms with van der Waals surface area (Å²) < 4.78 is 55.6. The fourth-order valence-corrected chi connectivity index (χ4v) is 2.82. The average molecular weight is 392 g/mol. The van der Waals surface area contributed by atoms with Gasteiger partial charge in [-0.05, 0) is 59.7 Å². The molecule has 0 spiro atoms. The van der Waals surface area contributed by atoms with Gasteiger partial charge in [0.15, 0.2) is 17.5 Å². The molecule has 0 radical (unpaired) electrons. The standard InChI is InChI=1S/C23H12F4N2/c1-13-11-28-23(29-12-13)17-9-19(24)18(20(25)10-17)5-3-14-2-4-15-7-21(26)22(27)8-16(15)6-14/h2,4,6-12H,1H3. The van der Waals surface area contributed by atoms with Gasteiger partial charge in [0.05, 0.1) is 5.56 Å². The Morgan fingerprint density at radius 3 is 1.97 bits per heavy atom. The number of aryl methyl sites for hydroxylation is 1. The molecule has 0 amide bonds. The van der Waals surface area contributed by atoms with E-state index in [1.165, 1.54) is 6.07 Å². The van der Waals surface area contributed by atoms with Crippen molar-refractivity contribution in [3.05, 3.63) is 94.8 Å². The highest BCUT2D eigenvalue weighted by Gasteiger charge is 2.12. The van der Waals surface area contributed by atoms with E-state index < -0.39 is 28.8 Å². The third-order valence-electron chi connectivity index (χ3n) is 4.29. The van der Waals surface area contributed by atoms with E-state index in [1.807, 2.05) is 0 Å². The zero-order chi connectivity index (χ0) is 20.5. The van der Waals surface area contributed by atoms with Crippen LogP contribution in [0.1, 0.15) is 16.7 Å². The Hall–Kier alpha value is -3.72. The Morgan fingerprint density at radius 2 is 1.31 bits per heavy atom. The molecule has 142 valence electrons. The van der Waals surface area contributed by atoms with Gasteiger partial charge in [-0.3, -0.25) is 0 Å². The van der Waals surface area contributed by atoms with Crippen molar-refractivity contribution in [2.45, 2.75) is 6.92 Å². The molecule has 1 aromatic heterocycles. The van der Waals surface area contributed by atoms with Gasteiger partial charge in [0.25, 0.3) is 0 Å². The van der Waals surface area contributed by atoms with Crippen LogP contribution in [0.25, 0.3) is 22.2 Å². The highest BCUT2D eigenvalue weighted by Crippen LogP contribution is 2.22. The summed E-state index contributed by atoms with van der Waals surface area (Å²) in [6.07, 6.45) is 3.11. The molecule has 6 heteroatoms. The van der Waals surface area contributed by atoms with Gasteiger partial charge in [-0.15, -0.1) is 0 Å². The van der Waals surface area contributed by atoms with Crippen molar-refractivity contribution in [1.82, 2.24) is 9.97 Å². The summed E-state index contributed by atoms with van der Waals surface area (Å²) in [5, 5.41) is 0.928. The van der Waals surface area contributed by atoms with Gasteiger partial charge in [-0.1, -0.05) is 17.9 Å². The Morgan fingerprint density at radius 1 is 0.690 bits per heavy atom. The average Bonchev–Trinajstić information content (AvgIpc) is 2.69. The molecule has 0 aliphatic rings. The fourth-order valence-electron chi connectivity index (χ4n) is 2.82. The molecule has 0 N–H and O–H groups in total. The van der Waals surface area contributed by atoms with Gasteiger partial charge >= 0.3 is 0 Å². The maximum atomic E-state index is 14.4. The van der Waals surface area contributed by atoms with E-state index in [4.69, 9.17) is 0 Å². The monoisotopic (exact) mass is 392 g/mol. The van der Waals surface area contributed by atoms with Crippen LogP contribution in [0, 0.1) is 42.0 Å². The third kappa shape index (κ3) is 3.81. The van der Waals surface area contributed by atoms with Gasteiger partial charge in [-0.25, -0.2) is 27.5 Å². The molecule has 0 fully saturated rings. The maximum Gasteiger partial charge on any atom is 0.159 e. The maximum absolute atomic E-state index is 14.4. The van der Waals surface area contributed by atoms with Crippen LogP contribution >= 0.6 is 0 Å². The van der Waals surface area contributed by atoms with Crippen molar-refractivity contribution >= 4 is 10.8 Å². The minimum Gasteiger partial charge on any atom is -0.236 e. The van der Waals surface area contributed by atoms with Crippen molar-refractivity contribution in [2.24, 2.45) is 0 Å². The lowest BCUT2D eigenvalue weighted by molar-refractivity contribution is 0.511.